The van der Waals surface area contributed by atoms with E-state index in [-0.39, 0.29) is 5.75 Å². The van der Waals surface area contributed by atoms with Crippen molar-refractivity contribution in [1.82, 2.24) is 4.98 Å². The van der Waals surface area contributed by atoms with E-state index >= 15 is 0 Å². The zero-order chi connectivity index (χ0) is 14.6. The van der Waals surface area contributed by atoms with Gasteiger partial charge in [-0.05, 0) is 31.0 Å². The molecule has 0 spiro atoms. The number of rotatable bonds is 7. The van der Waals surface area contributed by atoms with Crippen LogP contribution in [0.5, 0.6) is 0 Å². The number of unbranched alkanes of at least 4 members (excludes halogenated alkanes) is 1. The number of sulfonamides is 1. The maximum atomic E-state index is 11.9. The van der Waals surface area contributed by atoms with Gasteiger partial charge < -0.3 is 4.42 Å². The Balaban J connectivity index is 2.12. The average Bonchev–Trinajstić information content (AvgIpc) is 2.80. The van der Waals surface area contributed by atoms with Crippen LogP contribution in [0.1, 0.15) is 25.7 Å². The van der Waals surface area contributed by atoms with Gasteiger partial charge in [0.1, 0.15) is 5.52 Å². The quantitative estimate of drug-likeness (QED) is 0.629. The molecular formula is C13H17ClN2O3S. The number of alkyl halides is 1. The number of benzene rings is 1. The molecule has 0 unspecified atom stereocenters. The number of nitrogens with zero attached hydrogens (tertiary/aromatic N) is 1. The minimum absolute atomic E-state index is 0.0663. The van der Waals surface area contributed by atoms with Crippen molar-refractivity contribution in [2.75, 3.05) is 16.4 Å². The van der Waals surface area contributed by atoms with Crippen molar-refractivity contribution in [2.24, 2.45) is 0 Å². The number of hydrogen-bond acceptors (Lipinski definition) is 4. The molecule has 7 heteroatoms. The second-order valence-electron chi connectivity index (χ2n) is 4.46. The summed E-state index contributed by atoms with van der Waals surface area (Å²) in [5.74, 6) is 1.18. The normalized spacial score (nSPS) is 11.9. The minimum Gasteiger partial charge on any atom is -0.441 e. The molecule has 1 aromatic carbocycles. The van der Waals surface area contributed by atoms with Crippen molar-refractivity contribution in [3.63, 3.8) is 0 Å². The first-order valence-corrected chi connectivity index (χ1v) is 8.68. The van der Waals surface area contributed by atoms with Crippen LogP contribution >= 0.6 is 11.6 Å². The van der Waals surface area contributed by atoms with E-state index in [2.05, 4.69) is 9.71 Å². The maximum absolute atomic E-state index is 11.9. The van der Waals surface area contributed by atoms with Crippen molar-refractivity contribution in [3.8, 4) is 0 Å². The monoisotopic (exact) mass is 316 g/mol. The zero-order valence-electron chi connectivity index (χ0n) is 11.2. The number of hydrogen-bond donors (Lipinski definition) is 1. The minimum atomic E-state index is -3.34. The molecule has 5 nitrogen and oxygen atoms in total. The smallest absolute Gasteiger partial charge is 0.232 e. The Morgan fingerprint density at radius 1 is 1.35 bits per heavy atom. The van der Waals surface area contributed by atoms with Crippen molar-refractivity contribution in [3.05, 3.63) is 24.1 Å². The van der Waals surface area contributed by atoms with Gasteiger partial charge in [-0.15, -0.1) is 11.6 Å². The molecule has 1 aromatic heterocycles. The van der Waals surface area contributed by atoms with E-state index in [0.29, 0.717) is 47.8 Å². The molecule has 20 heavy (non-hydrogen) atoms. The highest BCUT2D eigenvalue weighted by Crippen LogP contribution is 2.21. The molecule has 0 radical (unpaired) electrons. The third kappa shape index (κ3) is 3.86. The summed E-state index contributed by atoms with van der Waals surface area (Å²) in [4.78, 5) is 4.28. The average molecular weight is 317 g/mol. The maximum Gasteiger partial charge on any atom is 0.232 e. The Labute approximate surface area is 123 Å². The van der Waals surface area contributed by atoms with Gasteiger partial charge in [0.2, 0.25) is 10.0 Å². The van der Waals surface area contributed by atoms with Gasteiger partial charge in [0.25, 0.3) is 0 Å². The lowest BCUT2D eigenvalue weighted by Crippen LogP contribution is -2.16. The lowest BCUT2D eigenvalue weighted by atomic mass is 10.3. The van der Waals surface area contributed by atoms with Crippen LogP contribution < -0.4 is 4.72 Å². The van der Waals surface area contributed by atoms with Crippen LogP contribution in [0.3, 0.4) is 0 Å². The SMILES string of the molecule is CCc1nc2cc(NS(=O)(=O)CCCCCl)ccc2o1. The molecule has 1 N–H and O–H groups in total. The van der Waals surface area contributed by atoms with Gasteiger partial charge in [-0.25, -0.2) is 13.4 Å². The summed E-state index contributed by atoms with van der Waals surface area (Å²) in [6.45, 7) is 1.95. The van der Waals surface area contributed by atoms with Crippen LogP contribution in [0.15, 0.2) is 22.6 Å². The third-order valence-corrected chi connectivity index (χ3v) is 4.44. The summed E-state index contributed by atoms with van der Waals surface area (Å²) in [7, 11) is -3.34. The molecule has 0 aliphatic heterocycles. The third-order valence-electron chi connectivity index (χ3n) is 2.80. The lowest BCUT2D eigenvalue weighted by Gasteiger charge is -2.07. The van der Waals surface area contributed by atoms with E-state index in [1.54, 1.807) is 18.2 Å². The van der Waals surface area contributed by atoms with Gasteiger partial charge >= 0.3 is 0 Å². The fourth-order valence-corrected chi connectivity index (χ4v) is 3.17. The number of nitrogens with one attached hydrogen (secondary N) is 1. The summed E-state index contributed by atoms with van der Waals surface area (Å²) in [5.41, 5.74) is 1.81. The highest BCUT2D eigenvalue weighted by atomic mass is 35.5. The van der Waals surface area contributed by atoms with Crippen molar-refractivity contribution >= 4 is 38.4 Å². The second-order valence-corrected chi connectivity index (χ2v) is 6.68. The van der Waals surface area contributed by atoms with Gasteiger partial charge in [-0.3, -0.25) is 4.72 Å². The Hall–Kier alpha value is -1.27. The van der Waals surface area contributed by atoms with Crippen molar-refractivity contribution in [1.29, 1.82) is 0 Å². The van der Waals surface area contributed by atoms with E-state index in [1.165, 1.54) is 0 Å². The van der Waals surface area contributed by atoms with Crippen LogP contribution in [-0.4, -0.2) is 25.0 Å². The van der Waals surface area contributed by atoms with Crippen molar-refractivity contribution < 1.29 is 12.8 Å². The first-order chi connectivity index (χ1) is 9.54. The number of oxazole rings is 1. The van der Waals surface area contributed by atoms with Crippen LogP contribution in [0.25, 0.3) is 11.1 Å². The zero-order valence-corrected chi connectivity index (χ0v) is 12.8. The molecule has 0 bridgehead atoms. The molecule has 0 aliphatic rings. The summed E-state index contributed by atoms with van der Waals surface area (Å²) in [6, 6.07) is 5.07. The standard InChI is InChI=1S/C13H17ClN2O3S/c1-2-13-15-11-9-10(5-6-12(11)19-13)16-20(17,18)8-4-3-7-14/h5-6,9,16H,2-4,7-8H2,1H3. The van der Waals surface area contributed by atoms with Gasteiger partial charge in [0, 0.05) is 12.3 Å². The predicted molar refractivity (Wildman–Crippen MR) is 80.8 cm³/mol. The first-order valence-electron chi connectivity index (χ1n) is 6.50. The largest absolute Gasteiger partial charge is 0.441 e. The first kappa shape index (κ1) is 15.1. The molecule has 0 fully saturated rings. The van der Waals surface area contributed by atoms with Crippen LogP contribution in [0, 0.1) is 0 Å². The fraction of sp³-hybridized carbons (Fsp3) is 0.462. The number of anilines is 1. The fourth-order valence-electron chi connectivity index (χ4n) is 1.81. The number of halogens is 1. The molecule has 2 rings (SSSR count). The topological polar surface area (TPSA) is 72.2 Å². The Morgan fingerprint density at radius 3 is 2.85 bits per heavy atom. The second kappa shape index (κ2) is 6.45. The van der Waals surface area contributed by atoms with Crippen molar-refractivity contribution in [2.45, 2.75) is 26.2 Å². The van der Waals surface area contributed by atoms with Gasteiger partial charge in [-0.1, -0.05) is 6.92 Å². The van der Waals surface area contributed by atoms with Crippen LogP contribution in [0.2, 0.25) is 0 Å². The molecule has 0 aliphatic carbocycles. The lowest BCUT2D eigenvalue weighted by molar-refractivity contribution is 0.538. The molecular weight excluding hydrogens is 300 g/mol. The van der Waals surface area contributed by atoms with Crippen LogP contribution in [-0.2, 0) is 16.4 Å². The van der Waals surface area contributed by atoms with Gasteiger partial charge in [0.05, 0.1) is 11.4 Å². The molecule has 2 aromatic rings. The number of aryl methyl sites for hydroxylation is 1. The Bertz CT molecular complexity index is 682. The molecule has 0 saturated carbocycles. The number of fused-ring (bicyclic) bond motifs is 1. The van der Waals surface area contributed by atoms with Gasteiger partial charge in [0.15, 0.2) is 11.5 Å². The van der Waals surface area contributed by atoms with E-state index < -0.39 is 10.0 Å². The summed E-state index contributed by atoms with van der Waals surface area (Å²) in [5, 5.41) is 0. The summed E-state index contributed by atoms with van der Waals surface area (Å²) < 4.78 is 31.8. The van der Waals surface area contributed by atoms with Gasteiger partial charge in [-0.2, -0.15) is 0 Å². The Kier molecular flexibility index (Phi) is 4.88. The van der Waals surface area contributed by atoms with E-state index in [9.17, 15) is 8.42 Å². The van der Waals surface area contributed by atoms with E-state index in [4.69, 9.17) is 16.0 Å². The number of aromatic nitrogens is 1. The molecule has 0 atom stereocenters. The molecule has 1 heterocycles. The van der Waals surface area contributed by atoms with Crippen LogP contribution in [0.4, 0.5) is 5.69 Å². The Morgan fingerprint density at radius 2 is 2.15 bits per heavy atom. The predicted octanol–water partition coefficient (Wildman–Crippen LogP) is 3.15. The summed E-state index contributed by atoms with van der Waals surface area (Å²) >= 11 is 5.54. The highest BCUT2D eigenvalue weighted by Gasteiger charge is 2.11. The molecule has 110 valence electrons. The van der Waals surface area contributed by atoms with E-state index in [1.807, 2.05) is 6.92 Å². The highest BCUT2D eigenvalue weighted by molar-refractivity contribution is 7.92. The summed E-state index contributed by atoms with van der Waals surface area (Å²) in [6.07, 6.45) is 1.93. The van der Waals surface area contributed by atoms with E-state index in [0.717, 1.165) is 0 Å². The molecule has 0 saturated heterocycles. The molecule has 0 amide bonds.